The van der Waals surface area contributed by atoms with E-state index in [1.54, 1.807) is 12.5 Å². The first-order chi connectivity index (χ1) is 17.4. The molecule has 0 amide bonds. The molecule has 1 aromatic heterocycles. The van der Waals surface area contributed by atoms with E-state index >= 15 is 0 Å². The highest BCUT2D eigenvalue weighted by atomic mass is 16.6. The first-order valence-corrected chi connectivity index (χ1v) is 13.1. The van der Waals surface area contributed by atoms with Crippen molar-refractivity contribution >= 4 is 23.7 Å². The summed E-state index contributed by atoms with van der Waals surface area (Å²) in [6.45, 7) is 9.43. The predicted octanol–water partition coefficient (Wildman–Crippen LogP) is 4.73. The van der Waals surface area contributed by atoms with Crippen molar-refractivity contribution in [1.82, 2.24) is 0 Å². The summed E-state index contributed by atoms with van der Waals surface area (Å²) in [4.78, 5) is 52.0. The van der Waals surface area contributed by atoms with Crippen LogP contribution in [0.2, 0.25) is 0 Å². The molecule has 1 aromatic rings. The summed E-state index contributed by atoms with van der Waals surface area (Å²) in [6.07, 6.45) is 4.12. The Balaban J connectivity index is 1.69. The molecule has 0 spiro atoms. The second-order valence-electron chi connectivity index (χ2n) is 12.3. The third-order valence-electron chi connectivity index (χ3n) is 10.1. The molecule has 1 saturated heterocycles. The number of furan rings is 1. The highest BCUT2D eigenvalue weighted by Gasteiger charge is 2.68. The monoisotopic (exact) mass is 512 g/mol. The maximum absolute atomic E-state index is 14.2. The van der Waals surface area contributed by atoms with Gasteiger partial charge in [-0.15, -0.1) is 0 Å². The van der Waals surface area contributed by atoms with Crippen molar-refractivity contribution in [3.05, 3.63) is 35.3 Å². The SMILES string of the molecule is COC(=O)C[C@@H]1C(C)(C)[C@@H](OC(C)=O)[C@H]2CC3=C4CC(=O)O[C@H](c5ccoc5)[C@]4(C)CC[C@@H]3[C@@]1(C)C2=O. The zero-order valence-electron chi connectivity index (χ0n) is 22.4. The lowest BCUT2D eigenvalue weighted by Crippen LogP contribution is -2.66. The van der Waals surface area contributed by atoms with Crippen LogP contribution in [0.1, 0.15) is 78.4 Å². The molecule has 0 radical (unpaired) electrons. The minimum absolute atomic E-state index is 0.0368. The molecule has 2 saturated carbocycles. The van der Waals surface area contributed by atoms with Gasteiger partial charge in [-0.25, -0.2) is 0 Å². The van der Waals surface area contributed by atoms with Gasteiger partial charge in [0.15, 0.2) is 0 Å². The van der Waals surface area contributed by atoms with E-state index < -0.39 is 52.2 Å². The summed E-state index contributed by atoms with van der Waals surface area (Å²) in [5.41, 5.74) is 0.968. The number of fused-ring (bicyclic) bond motifs is 5. The molecule has 7 atom stereocenters. The second kappa shape index (κ2) is 8.57. The summed E-state index contributed by atoms with van der Waals surface area (Å²) < 4.78 is 22.1. The smallest absolute Gasteiger partial charge is 0.310 e. The van der Waals surface area contributed by atoms with E-state index in [9.17, 15) is 19.2 Å². The van der Waals surface area contributed by atoms with Gasteiger partial charge in [0, 0.05) is 35.2 Å². The van der Waals surface area contributed by atoms with Gasteiger partial charge in [-0.2, -0.15) is 0 Å². The Kier molecular flexibility index (Phi) is 5.96. The van der Waals surface area contributed by atoms with E-state index in [0.29, 0.717) is 6.42 Å². The summed E-state index contributed by atoms with van der Waals surface area (Å²) in [6, 6.07) is 1.83. The van der Waals surface area contributed by atoms with Gasteiger partial charge in [-0.1, -0.05) is 33.3 Å². The van der Waals surface area contributed by atoms with Gasteiger partial charge in [0.2, 0.25) is 0 Å². The number of ketones is 1. The lowest BCUT2D eigenvalue weighted by atomic mass is 9.40. The number of carbonyl (C=O) groups excluding carboxylic acids is 4. The number of carbonyl (C=O) groups is 4. The number of rotatable bonds is 4. The van der Waals surface area contributed by atoms with Crippen LogP contribution in [0.15, 0.2) is 34.2 Å². The summed E-state index contributed by atoms with van der Waals surface area (Å²) in [7, 11) is 1.35. The molecule has 3 fully saturated rings. The fourth-order valence-electron chi connectivity index (χ4n) is 8.37. The minimum Gasteiger partial charge on any atom is -0.472 e. The maximum atomic E-state index is 14.2. The van der Waals surface area contributed by atoms with Crippen LogP contribution in [-0.4, -0.2) is 36.9 Å². The van der Waals surface area contributed by atoms with Gasteiger partial charge in [-0.3, -0.25) is 19.2 Å². The summed E-state index contributed by atoms with van der Waals surface area (Å²) in [5.74, 6) is -2.20. The zero-order chi connectivity index (χ0) is 26.9. The Labute approximate surface area is 217 Å². The van der Waals surface area contributed by atoms with Crippen molar-refractivity contribution in [3.8, 4) is 0 Å². The molecule has 37 heavy (non-hydrogen) atoms. The van der Waals surface area contributed by atoms with Crippen LogP contribution >= 0.6 is 0 Å². The number of ether oxygens (including phenoxy) is 3. The van der Waals surface area contributed by atoms with E-state index in [0.717, 1.165) is 29.6 Å². The molecule has 0 aromatic carbocycles. The largest absolute Gasteiger partial charge is 0.472 e. The van der Waals surface area contributed by atoms with Crippen LogP contribution in [0.5, 0.6) is 0 Å². The van der Waals surface area contributed by atoms with Crippen LogP contribution in [0, 0.1) is 34.0 Å². The molecule has 200 valence electrons. The lowest BCUT2D eigenvalue weighted by molar-refractivity contribution is -0.197. The summed E-state index contributed by atoms with van der Waals surface area (Å²) >= 11 is 0. The van der Waals surface area contributed by atoms with Crippen molar-refractivity contribution < 1.29 is 37.8 Å². The van der Waals surface area contributed by atoms with Crippen LogP contribution in [0.25, 0.3) is 0 Å². The van der Waals surface area contributed by atoms with Gasteiger partial charge in [0.25, 0.3) is 0 Å². The van der Waals surface area contributed by atoms with E-state index in [4.69, 9.17) is 18.6 Å². The lowest BCUT2D eigenvalue weighted by Gasteiger charge is -2.63. The quantitative estimate of drug-likeness (QED) is 0.324. The number of allylic oxidation sites excluding steroid dienone is 1. The fraction of sp³-hybridized carbons (Fsp3) is 0.655. The van der Waals surface area contributed by atoms with Gasteiger partial charge in [0.05, 0.1) is 32.0 Å². The molecule has 8 heteroatoms. The zero-order valence-corrected chi connectivity index (χ0v) is 22.4. The average Bonchev–Trinajstić information content (AvgIpc) is 3.36. The van der Waals surface area contributed by atoms with Crippen molar-refractivity contribution in [3.63, 3.8) is 0 Å². The molecule has 5 rings (SSSR count). The normalized spacial score (nSPS) is 38.3. The second-order valence-corrected chi connectivity index (χ2v) is 12.3. The Morgan fingerprint density at radius 2 is 1.89 bits per heavy atom. The Morgan fingerprint density at radius 3 is 2.51 bits per heavy atom. The number of hydrogen-bond acceptors (Lipinski definition) is 8. The number of methoxy groups -OCH3 is 1. The highest BCUT2D eigenvalue weighted by Crippen LogP contribution is 2.68. The first kappa shape index (κ1) is 25.7. The first-order valence-electron chi connectivity index (χ1n) is 13.1. The molecule has 0 unspecified atom stereocenters. The number of cyclic esters (lactones) is 1. The topological polar surface area (TPSA) is 109 Å². The number of esters is 3. The van der Waals surface area contributed by atoms with Gasteiger partial charge in [-0.05, 0) is 42.7 Å². The van der Waals surface area contributed by atoms with Crippen molar-refractivity contribution in [2.24, 2.45) is 34.0 Å². The molecule has 1 aliphatic heterocycles. The minimum atomic E-state index is -0.868. The third kappa shape index (κ3) is 3.62. The molecular formula is C29H36O8. The predicted molar refractivity (Wildman–Crippen MR) is 131 cm³/mol. The summed E-state index contributed by atoms with van der Waals surface area (Å²) in [5, 5.41) is 0. The van der Waals surface area contributed by atoms with E-state index in [2.05, 4.69) is 6.92 Å². The molecule has 8 nitrogen and oxygen atoms in total. The third-order valence-corrected chi connectivity index (χ3v) is 10.1. The van der Waals surface area contributed by atoms with E-state index in [1.807, 2.05) is 26.8 Å². The molecule has 4 aliphatic rings. The van der Waals surface area contributed by atoms with E-state index in [1.165, 1.54) is 14.0 Å². The van der Waals surface area contributed by atoms with Crippen LogP contribution in [0.4, 0.5) is 0 Å². The molecule has 3 aliphatic carbocycles. The van der Waals surface area contributed by atoms with Crippen molar-refractivity contribution in [2.75, 3.05) is 7.11 Å². The molecule has 2 bridgehead atoms. The van der Waals surface area contributed by atoms with Crippen LogP contribution in [0.3, 0.4) is 0 Å². The average molecular weight is 513 g/mol. The molecular weight excluding hydrogens is 476 g/mol. The van der Waals surface area contributed by atoms with Crippen LogP contribution < -0.4 is 0 Å². The standard InChI is InChI=1S/C29H36O8/c1-15(30)36-26-18-11-17-19(29(5,24(18)33)21(27(26,2)3)13-22(31)34-6)7-9-28(4)20(17)12-23(32)37-25(28)16-8-10-35-14-16/h8,10,14,18-19,21,25-26H,7,9,11-13H2,1-6H3/t18-,19-,21+,25+,26-,28+,29+/m0/s1. The van der Waals surface area contributed by atoms with Gasteiger partial charge in [0.1, 0.15) is 18.0 Å². The molecule has 2 heterocycles. The molecule has 0 N–H and O–H groups in total. The maximum Gasteiger partial charge on any atom is 0.310 e. The fourth-order valence-corrected chi connectivity index (χ4v) is 8.37. The van der Waals surface area contributed by atoms with Gasteiger partial charge < -0.3 is 18.6 Å². The number of hydrogen-bond donors (Lipinski definition) is 0. The number of Topliss-reactive ketones (excluding diaryl/α,β-unsaturated/α-hetero) is 1. The van der Waals surface area contributed by atoms with Gasteiger partial charge >= 0.3 is 17.9 Å². The van der Waals surface area contributed by atoms with Crippen molar-refractivity contribution in [1.29, 1.82) is 0 Å². The van der Waals surface area contributed by atoms with Crippen LogP contribution in [-0.2, 0) is 33.4 Å². The Bertz CT molecular complexity index is 1180. The van der Waals surface area contributed by atoms with Crippen molar-refractivity contribution in [2.45, 2.75) is 78.9 Å². The highest BCUT2D eigenvalue weighted by molar-refractivity contribution is 5.92. The van der Waals surface area contributed by atoms with E-state index in [-0.39, 0.29) is 30.5 Å². The Hall–Kier alpha value is -2.90. The Morgan fingerprint density at radius 1 is 1.16 bits per heavy atom.